The molecule has 0 bridgehead atoms. The fourth-order valence-corrected chi connectivity index (χ4v) is 21.1. The summed E-state index contributed by atoms with van der Waals surface area (Å²) in [5.74, 6) is 3.19. The Hall–Kier alpha value is -9.91. The fourth-order valence-electron chi connectivity index (χ4n) is 21.1. The molecule has 0 N–H and O–H groups in total. The molecule has 97 heavy (non-hydrogen) atoms. The minimum absolute atomic E-state index is 0.111. The number of benzene rings is 11. The van der Waals surface area contributed by atoms with Crippen molar-refractivity contribution in [3.05, 3.63) is 248 Å². The Bertz CT molecular complexity index is 5460. The molecule has 6 heteroatoms. The first-order valence-electron chi connectivity index (χ1n) is 36.0. The molecule has 3 aromatic heterocycles. The summed E-state index contributed by atoms with van der Waals surface area (Å²) in [6, 6.07) is 82.0. The molecule has 6 unspecified atom stereocenters. The van der Waals surface area contributed by atoms with Gasteiger partial charge in [0.1, 0.15) is 17.5 Å². The van der Waals surface area contributed by atoms with Crippen molar-refractivity contribution >= 4 is 99.2 Å². The first-order chi connectivity index (χ1) is 47.3. The SMILES string of the molecule is CC12CCCCC1(C)N(c1nccc3ccccc13)c1ccc(-c3cc(-c4ccccc4)c4ccc5c(-c6ccc7c(c6)C6(C)CCCCC6(C)N7c6nccc7ccccc67)cc(-c6ccc7c(c6)C6(C)CCCCC6(C)N7c6nccc7ccccc67)c6ccc3c4c56)cc12. The molecule has 3 saturated carbocycles. The molecule has 11 aromatic carbocycles. The number of pyridine rings is 3. The Morgan fingerprint density at radius 3 is 0.907 bits per heavy atom. The van der Waals surface area contributed by atoms with Crippen LogP contribution in [0, 0.1) is 0 Å². The van der Waals surface area contributed by atoms with Gasteiger partial charge in [-0.25, -0.2) is 15.0 Å². The quantitative estimate of drug-likeness (QED) is 0.148. The summed E-state index contributed by atoms with van der Waals surface area (Å²) < 4.78 is 0. The van der Waals surface area contributed by atoms with E-state index in [1.807, 2.05) is 18.6 Å². The second kappa shape index (κ2) is 20.3. The first-order valence-corrected chi connectivity index (χ1v) is 36.0. The van der Waals surface area contributed by atoms with E-state index in [0.29, 0.717) is 0 Å². The van der Waals surface area contributed by atoms with Crippen molar-refractivity contribution in [2.45, 2.75) is 151 Å². The van der Waals surface area contributed by atoms with Gasteiger partial charge in [0.2, 0.25) is 0 Å². The van der Waals surface area contributed by atoms with Crippen molar-refractivity contribution in [3.63, 3.8) is 0 Å². The maximum Gasteiger partial charge on any atom is 0.141 e. The van der Waals surface area contributed by atoms with E-state index >= 15 is 0 Å². The standard InChI is InChI=1S/C91H80N6/c1-86-43-16-19-46-89(86,4)95(83-64-27-13-10-24-58(64)40-49-92-83)78-37-30-61(52-75(78)86)72-55-71(57-22-8-7-9-23-57)67-33-34-69-73(62-31-38-79-76(53-62)87(2)44-17-20-47-90(87,5)96(79)84-65-28-14-11-25-59(65)41-50-93-84)56-74(70-36-35-68(72)81(67)82(69)70)63-32-39-80-77(54-63)88(3)45-18-21-48-91(88,6)97(80)85-66-29-15-12-26-60(66)42-51-94-85/h7-15,22-42,49-56H,16-21,43-48H2,1-6H3. The van der Waals surface area contributed by atoms with Gasteiger partial charge in [-0.2, -0.15) is 0 Å². The third-order valence-electron chi connectivity index (χ3n) is 26.8. The smallest absolute Gasteiger partial charge is 0.141 e. The number of hydrogen-bond donors (Lipinski definition) is 0. The zero-order valence-corrected chi connectivity index (χ0v) is 56.6. The first kappa shape index (κ1) is 57.3. The van der Waals surface area contributed by atoms with E-state index in [-0.39, 0.29) is 32.9 Å². The molecule has 0 spiro atoms. The lowest BCUT2D eigenvalue weighted by Gasteiger charge is -2.50. The van der Waals surface area contributed by atoms with Crippen molar-refractivity contribution < 1.29 is 0 Å². The van der Waals surface area contributed by atoms with E-state index in [2.05, 4.69) is 269 Å². The molecular formula is C91H80N6. The maximum absolute atomic E-state index is 5.30. The molecule has 6 atom stereocenters. The van der Waals surface area contributed by atoms with Gasteiger partial charge in [-0.15, -0.1) is 0 Å². The third kappa shape index (κ3) is 7.54. The molecule has 14 aromatic rings. The van der Waals surface area contributed by atoms with Crippen LogP contribution in [0.15, 0.2) is 231 Å². The number of aromatic nitrogens is 3. The molecule has 20 rings (SSSR count). The van der Waals surface area contributed by atoms with Gasteiger partial charge < -0.3 is 14.7 Å². The third-order valence-corrected chi connectivity index (χ3v) is 26.8. The maximum atomic E-state index is 5.30. The van der Waals surface area contributed by atoms with E-state index in [1.54, 1.807) is 0 Å². The van der Waals surface area contributed by atoms with Gasteiger partial charge in [0.25, 0.3) is 0 Å². The van der Waals surface area contributed by atoms with Gasteiger partial charge in [0.05, 0.1) is 16.6 Å². The number of hydrogen-bond acceptors (Lipinski definition) is 6. The topological polar surface area (TPSA) is 48.4 Å². The van der Waals surface area contributed by atoms with Crippen LogP contribution >= 0.6 is 0 Å². The summed E-state index contributed by atoms with van der Waals surface area (Å²) in [5, 5.41) is 15.1. The minimum atomic E-state index is -0.180. The van der Waals surface area contributed by atoms with Gasteiger partial charge in [-0.05, 0) is 236 Å². The van der Waals surface area contributed by atoms with Gasteiger partial charge in [0.15, 0.2) is 0 Å². The summed E-state index contributed by atoms with van der Waals surface area (Å²) in [6.45, 7) is 15.4. The fraction of sp³-hybridized carbons (Fsp3) is 0.264. The molecule has 6 nitrogen and oxygen atoms in total. The average molecular weight is 1260 g/mol. The van der Waals surface area contributed by atoms with Gasteiger partial charge in [-0.3, -0.25) is 0 Å². The van der Waals surface area contributed by atoms with Crippen molar-refractivity contribution in [1.29, 1.82) is 0 Å². The molecule has 0 radical (unpaired) electrons. The molecule has 3 aliphatic heterocycles. The number of nitrogens with zero attached hydrogens (tertiary/aromatic N) is 6. The molecule has 3 aliphatic carbocycles. The van der Waals surface area contributed by atoms with Crippen LogP contribution in [0.4, 0.5) is 34.5 Å². The molecular weight excluding hydrogens is 1180 g/mol. The van der Waals surface area contributed by atoms with Crippen LogP contribution in [-0.4, -0.2) is 31.6 Å². The monoisotopic (exact) mass is 1260 g/mol. The highest BCUT2D eigenvalue weighted by Gasteiger charge is 2.61. The van der Waals surface area contributed by atoms with Gasteiger partial charge in [0, 0.05) is 68.1 Å². The molecule has 6 aliphatic rings. The zero-order chi connectivity index (χ0) is 65.0. The summed E-state index contributed by atoms with van der Waals surface area (Å²) in [4.78, 5) is 23.9. The number of anilines is 6. The molecule has 6 heterocycles. The minimum Gasteiger partial charge on any atom is -0.319 e. The van der Waals surface area contributed by atoms with E-state index < -0.39 is 0 Å². The van der Waals surface area contributed by atoms with E-state index in [0.717, 1.165) is 56.0 Å². The highest BCUT2D eigenvalue weighted by atomic mass is 15.3. The number of rotatable bonds is 7. The lowest BCUT2D eigenvalue weighted by molar-refractivity contribution is 0.194. The van der Waals surface area contributed by atoms with E-state index in [9.17, 15) is 0 Å². The normalized spacial score (nSPS) is 24.9. The molecule has 0 amide bonds. The molecule has 3 fully saturated rings. The van der Waals surface area contributed by atoms with Crippen LogP contribution in [0.1, 0.15) is 135 Å². The lowest BCUT2D eigenvalue weighted by Crippen LogP contribution is -2.54. The Morgan fingerprint density at radius 1 is 0.268 bits per heavy atom. The predicted octanol–water partition coefficient (Wildman–Crippen LogP) is 24.1. The zero-order valence-electron chi connectivity index (χ0n) is 56.6. The number of fused-ring (bicyclic) bond motifs is 12. The van der Waals surface area contributed by atoms with Crippen molar-refractivity contribution in [1.82, 2.24) is 15.0 Å². The van der Waals surface area contributed by atoms with Crippen LogP contribution in [0.5, 0.6) is 0 Å². The average Bonchev–Trinajstić information content (AvgIpc) is 1.19. The van der Waals surface area contributed by atoms with Gasteiger partial charge in [-0.1, -0.05) is 205 Å². The summed E-state index contributed by atoms with van der Waals surface area (Å²) >= 11 is 0. The molecule has 474 valence electrons. The Labute approximate surface area is 569 Å². The van der Waals surface area contributed by atoms with E-state index in [1.165, 1.54) is 181 Å². The predicted molar refractivity (Wildman–Crippen MR) is 406 cm³/mol. The van der Waals surface area contributed by atoms with Crippen LogP contribution < -0.4 is 14.7 Å². The van der Waals surface area contributed by atoms with Crippen LogP contribution in [-0.2, 0) is 16.2 Å². The van der Waals surface area contributed by atoms with Gasteiger partial charge >= 0.3 is 0 Å². The Balaban J connectivity index is 0.851. The summed E-state index contributed by atoms with van der Waals surface area (Å²) in [6.07, 6.45) is 19.9. The summed E-state index contributed by atoms with van der Waals surface area (Å²) in [7, 11) is 0. The Kier molecular flexibility index (Phi) is 12.0. The molecule has 0 saturated heterocycles. The second-order valence-corrected chi connectivity index (χ2v) is 31.1. The highest BCUT2D eigenvalue weighted by molar-refractivity contribution is 6.32. The second-order valence-electron chi connectivity index (χ2n) is 31.1. The lowest BCUT2D eigenvalue weighted by atomic mass is 9.61. The largest absolute Gasteiger partial charge is 0.319 e. The van der Waals surface area contributed by atoms with Crippen molar-refractivity contribution in [2.24, 2.45) is 0 Å². The van der Waals surface area contributed by atoms with Crippen LogP contribution in [0.25, 0.3) is 109 Å². The Morgan fingerprint density at radius 2 is 0.567 bits per heavy atom. The highest BCUT2D eigenvalue weighted by Crippen LogP contribution is 2.66. The van der Waals surface area contributed by atoms with Crippen LogP contribution in [0.2, 0.25) is 0 Å². The van der Waals surface area contributed by atoms with Crippen molar-refractivity contribution in [3.8, 4) is 44.5 Å². The van der Waals surface area contributed by atoms with Crippen LogP contribution in [0.3, 0.4) is 0 Å². The van der Waals surface area contributed by atoms with E-state index in [4.69, 9.17) is 15.0 Å². The van der Waals surface area contributed by atoms with Crippen molar-refractivity contribution in [2.75, 3.05) is 14.7 Å². The summed E-state index contributed by atoms with van der Waals surface area (Å²) in [5.41, 5.74) is 17.3.